The van der Waals surface area contributed by atoms with Crippen LogP contribution in [-0.2, 0) is 9.59 Å². The summed E-state index contributed by atoms with van der Waals surface area (Å²) in [7, 11) is 0. The average Bonchev–Trinajstić information content (AvgIpc) is 2.31. The zero-order valence-corrected chi connectivity index (χ0v) is 10.8. The third-order valence-corrected chi connectivity index (χ3v) is 2.40. The van der Waals surface area contributed by atoms with Crippen LogP contribution >= 0.6 is 0 Å². The Morgan fingerprint density at radius 3 is 2.53 bits per heavy atom. The Hall–Kier alpha value is -1.64. The maximum Gasteiger partial charge on any atom is 0.233 e. The van der Waals surface area contributed by atoms with E-state index in [-0.39, 0.29) is 17.7 Å². The Kier molecular flexibility index (Phi) is 7.68. The van der Waals surface area contributed by atoms with Crippen LogP contribution in [0.3, 0.4) is 0 Å². The van der Waals surface area contributed by atoms with E-state index in [1.54, 1.807) is 12.2 Å². The molecule has 0 aliphatic carbocycles. The van der Waals surface area contributed by atoms with E-state index in [1.807, 2.05) is 32.9 Å². The molecule has 1 saturated heterocycles. The highest BCUT2D eigenvalue weighted by atomic mass is 16.2. The number of imide groups is 1. The molecule has 0 spiro atoms. The molecule has 94 valence electrons. The molecular weight excluding hydrogens is 214 g/mol. The van der Waals surface area contributed by atoms with E-state index in [2.05, 4.69) is 11.9 Å². The first-order chi connectivity index (χ1) is 8.15. The van der Waals surface area contributed by atoms with Gasteiger partial charge in [0, 0.05) is 6.42 Å². The highest BCUT2D eigenvalue weighted by molar-refractivity contribution is 5.99. The van der Waals surface area contributed by atoms with E-state index in [4.69, 9.17) is 0 Å². The van der Waals surface area contributed by atoms with Crippen LogP contribution in [0.4, 0.5) is 0 Å². The summed E-state index contributed by atoms with van der Waals surface area (Å²) in [4.78, 5) is 22.4. The van der Waals surface area contributed by atoms with E-state index < -0.39 is 0 Å². The molecule has 0 aromatic carbocycles. The first-order valence-corrected chi connectivity index (χ1v) is 5.94. The number of piperidine rings is 1. The summed E-state index contributed by atoms with van der Waals surface area (Å²) in [6, 6.07) is 0. The minimum absolute atomic E-state index is 0.169. The van der Waals surface area contributed by atoms with Gasteiger partial charge in [0.05, 0.1) is 5.92 Å². The number of allylic oxidation sites excluding steroid dienone is 4. The molecular formula is C14H21NO2. The van der Waals surface area contributed by atoms with Gasteiger partial charge in [-0.2, -0.15) is 0 Å². The summed E-state index contributed by atoms with van der Waals surface area (Å²) < 4.78 is 0. The monoisotopic (exact) mass is 235 g/mol. The SMILES string of the molecule is C=C/C=C\C=C(/C)C1CCC(=O)NC1=O.CC. The Morgan fingerprint density at radius 1 is 1.35 bits per heavy atom. The van der Waals surface area contributed by atoms with Crippen molar-refractivity contribution in [1.29, 1.82) is 0 Å². The molecule has 1 atom stereocenters. The highest BCUT2D eigenvalue weighted by Crippen LogP contribution is 2.20. The number of amides is 2. The van der Waals surface area contributed by atoms with Crippen LogP contribution < -0.4 is 5.32 Å². The second-order valence-electron chi connectivity index (χ2n) is 3.53. The van der Waals surface area contributed by atoms with Crippen molar-refractivity contribution < 1.29 is 9.59 Å². The van der Waals surface area contributed by atoms with Gasteiger partial charge >= 0.3 is 0 Å². The molecule has 0 bridgehead atoms. The molecule has 1 heterocycles. The quantitative estimate of drug-likeness (QED) is 0.604. The number of nitrogens with one attached hydrogen (secondary N) is 1. The number of carbonyl (C=O) groups excluding carboxylic acids is 2. The van der Waals surface area contributed by atoms with E-state index in [9.17, 15) is 9.59 Å². The van der Waals surface area contributed by atoms with E-state index in [0.29, 0.717) is 12.8 Å². The lowest BCUT2D eigenvalue weighted by Crippen LogP contribution is -2.41. The molecule has 0 aromatic rings. The van der Waals surface area contributed by atoms with E-state index >= 15 is 0 Å². The molecule has 3 nitrogen and oxygen atoms in total. The second kappa shape index (κ2) is 8.50. The number of rotatable bonds is 3. The normalized spacial score (nSPS) is 20.6. The molecule has 0 saturated carbocycles. The van der Waals surface area contributed by atoms with Crippen molar-refractivity contribution in [3.8, 4) is 0 Å². The number of carbonyl (C=O) groups is 2. The lowest BCUT2D eigenvalue weighted by Gasteiger charge is -2.21. The molecule has 0 radical (unpaired) electrons. The first kappa shape index (κ1) is 15.4. The maximum absolute atomic E-state index is 11.5. The minimum atomic E-state index is -0.188. The molecule has 0 aromatic heterocycles. The van der Waals surface area contributed by atoms with Gasteiger partial charge in [0.25, 0.3) is 0 Å². The molecule has 1 fully saturated rings. The van der Waals surface area contributed by atoms with Gasteiger partial charge in [-0.15, -0.1) is 0 Å². The van der Waals surface area contributed by atoms with Crippen molar-refractivity contribution >= 4 is 11.8 Å². The third kappa shape index (κ3) is 5.29. The zero-order chi connectivity index (χ0) is 13.3. The molecule has 2 amide bonds. The smallest absolute Gasteiger partial charge is 0.233 e. The standard InChI is InChI=1S/C12H15NO2.C2H6/c1-3-4-5-6-9(2)10-7-8-11(14)13-12(10)15;1-2/h3-6,10H,1,7-8H2,2H3,(H,13,14,15);1-2H3/b5-4-,9-6+;. The highest BCUT2D eigenvalue weighted by Gasteiger charge is 2.27. The van der Waals surface area contributed by atoms with Crippen LogP contribution in [0.2, 0.25) is 0 Å². The third-order valence-electron chi connectivity index (χ3n) is 2.40. The summed E-state index contributed by atoms with van der Waals surface area (Å²) >= 11 is 0. The Balaban J connectivity index is 0.00000121. The summed E-state index contributed by atoms with van der Waals surface area (Å²) in [6.45, 7) is 9.45. The summed E-state index contributed by atoms with van der Waals surface area (Å²) in [5.74, 6) is -0.533. The molecule has 1 aliphatic heterocycles. The fourth-order valence-corrected chi connectivity index (χ4v) is 1.53. The van der Waals surface area contributed by atoms with Gasteiger partial charge < -0.3 is 0 Å². The fourth-order valence-electron chi connectivity index (χ4n) is 1.53. The topological polar surface area (TPSA) is 46.2 Å². The van der Waals surface area contributed by atoms with Crippen LogP contribution in [-0.4, -0.2) is 11.8 Å². The number of hydrogen-bond acceptors (Lipinski definition) is 2. The maximum atomic E-state index is 11.5. The van der Waals surface area contributed by atoms with Gasteiger partial charge in [-0.1, -0.05) is 50.3 Å². The molecule has 3 heteroatoms. The Bertz CT molecular complexity index is 340. The number of hydrogen-bond donors (Lipinski definition) is 1. The van der Waals surface area contributed by atoms with Gasteiger partial charge in [0.1, 0.15) is 0 Å². The van der Waals surface area contributed by atoms with Gasteiger partial charge in [-0.3, -0.25) is 14.9 Å². The molecule has 1 N–H and O–H groups in total. The fraction of sp³-hybridized carbons (Fsp3) is 0.429. The summed E-state index contributed by atoms with van der Waals surface area (Å²) in [6.07, 6.45) is 8.22. The lowest BCUT2D eigenvalue weighted by atomic mass is 9.91. The van der Waals surface area contributed by atoms with Crippen LogP contribution in [0.5, 0.6) is 0 Å². The van der Waals surface area contributed by atoms with Gasteiger partial charge in [-0.25, -0.2) is 0 Å². The predicted molar refractivity (Wildman–Crippen MR) is 70.3 cm³/mol. The van der Waals surface area contributed by atoms with Crippen molar-refractivity contribution in [3.05, 3.63) is 36.5 Å². The average molecular weight is 235 g/mol. The van der Waals surface area contributed by atoms with Crippen molar-refractivity contribution in [2.24, 2.45) is 5.92 Å². The van der Waals surface area contributed by atoms with Crippen molar-refractivity contribution in [2.45, 2.75) is 33.6 Å². The van der Waals surface area contributed by atoms with Crippen molar-refractivity contribution in [3.63, 3.8) is 0 Å². The molecule has 1 rings (SSSR count). The van der Waals surface area contributed by atoms with Crippen LogP contribution in [0.15, 0.2) is 36.5 Å². The van der Waals surface area contributed by atoms with Gasteiger partial charge in [-0.05, 0) is 13.3 Å². The van der Waals surface area contributed by atoms with Gasteiger partial charge in [0.2, 0.25) is 11.8 Å². The minimum Gasteiger partial charge on any atom is -0.296 e. The lowest BCUT2D eigenvalue weighted by molar-refractivity contribution is -0.135. The summed E-state index contributed by atoms with van der Waals surface area (Å²) in [5.41, 5.74) is 0.970. The largest absolute Gasteiger partial charge is 0.296 e. The molecule has 1 unspecified atom stereocenters. The second-order valence-corrected chi connectivity index (χ2v) is 3.53. The van der Waals surface area contributed by atoms with Crippen molar-refractivity contribution in [1.82, 2.24) is 5.32 Å². The Morgan fingerprint density at radius 2 is 2.00 bits per heavy atom. The Labute approximate surface area is 103 Å². The molecule has 1 aliphatic rings. The summed E-state index contributed by atoms with van der Waals surface area (Å²) in [5, 5.41) is 2.34. The molecule has 17 heavy (non-hydrogen) atoms. The zero-order valence-electron chi connectivity index (χ0n) is 10.8. The predicted octanol–water partition coefficient (Wildman–Crippen LogP) is 2.75. The van der Waals surface area contributed by atoms with E-state index in [1.165, 1.54) is 0 Å². The first-order valence-electron chi connectivity index (χ1n) is 5.94. The van der Waals surface area contributed by atoms with Gasteiger partial charge in [0.15, 0.2) is 0 Å². The van der Waals surface area contributed by atoms with Crippen LogP contribution in [0.25, 0.3) is 0 Å². The van der Waals surface area contributed by atoms with Crippen LogP contribution in [0, 0.1) is 5.92 Å². The van der Waals surface area contributed by atoms with Crippen molar-refractivity contribution in [2.75, 3.05) is 0 Å². The van der Waals surface area contributed by atoms with Crippen LogP contribution in [0.1, 0.15) is 33.6 Å². The van der Waals surface area contributed by atoms with E-state index in [0.717, 1.165) is 5.57 Å².